The smallest absolute Gasteiger partial charge is 0.330 e. The normalized spacial score (nSPS) is 24.8. The molecule has 8 nitrogen and oxygen atoms in total. The van der Waals surface area contributed by atoms with Crippen molar-refractivity contribution in [3.63, 3.8) is 0 Å². The molecule has 3 saturated carbocycles. The Hall–Kier alpha value is -2.35. The van der Waals surface area contributed by atoms with Crippen LogP contribution in [-0.4, -0.2) is 41.5 Å². The van der Waals surface area contributed by atoms with Gasteiger partial charge in [-0.05, 0) is 50.0 Å². The van der Waals surface area contributed by atoms with Crippen LogP contribution in [0.1, 0.15) is 68.9 Å². The zero-order chi connectivity index (χ0) is 27.2. The Morgan fingerprint density at radius 2 is 1.73 bits per heavy atom. The highest BCUT2D eigenvalue weighted by molar-refractivity contribution is 7.88. The van der Waals surface area contributed by atoms with Gasteiger partial charge < -0.3 is 4.90 Å². The molecule has 3 atom stereocenters. The summed E-state index contributed by atoms with van der Waals surface area (Å²) in [5.41, 5.74) is -3.98. The zero-order valence-corrected chi connectivity index (χ0v) is 20.6. The molecule has 0 N–H and O–H groups in total. The number of carbonyl (C=O) groups is 1. The minimum Gasteiger partial charge on any atom is -0.330 e. The summed E-state index contributed by atoms with van der Waals surface area (Å²) in [7, 11) is -6.10. The van der Waals surface area contributed by atoms with Crippen LogP contribution in [0.2, 0.25) is 0 Å². The SMILES string of the molecule is O=C(N(C1CCCCC1)C1CC2CCC1C2)C(F)(F)S(=O)(=O)OCc1c([N+](=O)[O-])cccc1C(F)(F)F. The van der Waals surface area contributed by atoms with Crippen molar-refractivity contribution in [3.05, 3.63) is 39.4 Å². The van der Waals surface area contributed by atoms with Crippen molar-refractivity contribution in [2.24, 2.45) is 11.8 Å². The summed E-state index contributed by atoms with van der Waals surface area (Å²) in [5.74, 6) is -1.69. The van der Waals surface area contributed by atoms with Crippen molar-refractivity contribution in [2.75, 3.05) is 0 Å². The van der Waals surface area contributed by atoms with E-state index in [2.05, 4.69) is 4.18 Å². The van der Waals surface area contributed by atoms with Crippen LogP contribution >= 0.6 is 0 Å². The first-order valence-electron chi connectivity index (χ1n) is 12.2. The number of amides is 1. The minimum atomic E-state index is -6.10. The molecule has 3 unspecified atom stereocenters. The van der Waals surface area contributed by atoms with E-state index in [9.17, 15) is 36.5 Å². The first kappa shape index (κ1) is 27.7. The number of benzene rings is 1. The Bertz CT molecular complexity index is 1150. The molecule has 206 valence electrons. The summed E-state index contributed by atoms with van der Waals surface area (Å²) in [6.07, 6.45) is 0.939. The third-order valence-corrected chi connectivity index (χ3v) is 9.07. The van der Waals surface area contributed by atoms with Gasteiger partial charge in [0, 0.05) is 18.2 Å². The molecule has 0 radical (unpaired) electrons. The molecule has 0 aliphatic heterocycles. The lowest BCUT2D eigenvalue weighted by Gasteiger charge is -2.42. The van der Waals surface area contributed by atoms with Crippen LogP contribution in [0.25, 0.3) is 0 Å². The monoisotopic (exact) mass is 554 g/mol. The van der Waals surface area contributed by atoms with Crippen LogP contribution < -0.4 is 0 Å². The second-order valence-electron chi connectivity index (χ2n) is 10.0. The maximum Gasteiger partial charge on any atom is 0.447 e. The molecule has 14 heteroatoms. The fraction of sp³-hybridized carbons (Fsp3) is 0.696. The molecule has 1 aromatic rings. The number of nitrogens with zero attached hydrogens (tertiary/aromatic N) is 2. The molecule has 0 aromatic heterocycles. The van der Waals surface area contributed by atoms with Gasteiger partial charge in [-0.25, -0.2) is 0 Å². The molecule has 1 aromatic carbocycles. The van der Waals surface area contributed by atoms with E-state index in [1.165, 1.54) is 0 Å². The maximum absolute atomic E-state index is 15.3. The number of hydrogen-bond donors (Lipinski definition) is 0. The van der Waals surface area contributed by atoms with Crippen molar-refractivity contribution in [1.82, 2.24) is 4.90 Å². The second-order valence-corrected chi connectivity index (χ2v) is 11.7. The molecule has 3 aliphatic rings. The molecule has 4 rings (SSSR count). The lowest BCUT2D eigenvalue weighted by atomic mass is 9.88. The van der Waals surface area contributed by atoms with Crippen LogP contribution in [0.4, 0.5) is 27.6 Å². The van der Waals surface area contributed by atoms with Crippen molar-refractivity contribution in [1.29, 1.82) is 0 Å². The van der Waals surface area contributed by atoms with Crippen LogP contribution in [0, 0.1) is 22.0 Å². The minimum absolute atomic E-state index is 0.0170. The van der Waals surface area contributed by atoms with Gasteiger partial charge in [0.2, 0.25) is 0 Å². The summed E-state index contributed by atoms with van der Waals surface area (Å²) in [5, 5.41) is 6.14. The van der Waals surface area contributed by atoms with Crippen molar-refractivity contribution in [2.45, 2.75) is 87.9 Å². The molecule has 1 amide bonds. The first-order chi connectivity index (χ1) is 17.2. The van der Waals surface area contributed by atoms with E-state index < -0.39 is 67.9 Å². The third kappa shape index (κ3) is 5.31. The van der Waals surface area contributed by atoms with E-state index in [0.717, 1.165) is 36.6 Å². The van der Waals surface area contributed by atoms with Gasteiger partial charge in [-0.15, -0.1) is 0 Å². The molecule has 3 aliphatic carbocycles. The topological polar surface area (TPSA) is 107 Å². The Morgan fingerprint density at radius 3 is 2.27 bits per heavy atom. The van der Waals surface area contributed by atoms with E-state index in [1.54, 1.807) is 0 Å². The average molecular weight is 555 g/mol. The number of carbonyl (C=O) groups excluding carboxylic acids is 1. The Labute approximate surface area is 210 Å². The second kappa shape index (κ2) is 10.1. The zero-order valence-electron chi connectivity index (χ0n) is 19.8. The molecular weight excluding hydrogens is 527 g/mol. The summed E-state index contributed by atoms with van der Waals surface area (Å²) in [6.45, 7) is -1.69. The summed E-state index contributed by atoms with van der Waals surface area (Å²) >= 11 is 0. The van der Waals surface area contributed by atoms with E-state index in [1.807, 2.05) is 0 Å². The molecular formula is C23H27F5N2O6S. The van der Waals surface area contributed by atoms with Crippen molar-refractivity contribution in [3.8, 4) is 0 Å². The van der Waals surface area contributed by atoms with E-state index in [-0.39, 0.29) is 11.8 Å². The van der Waals surface area contributed by atoms with Gasteiger partial charge in [0.05, 0.1) is 22.7 Å². The number of nitro benzene ring substituents is 1. The number of nitro groups is 1. The average Bonchev–Trinajstić information content (AvgIpc) is 3.46. The van der Waals surface area contributed by atoms with Gasteiger partial charge in [0.15, 0.2) is 0 Å². The van der Waals surface area contributed by atoms with E-state index in [0.29, 0.717) is 44.2 Å². The molecule has 0 heterocycles. The van der Waals surface area contributed by atoms with Crippen LogP contribution in [0.3, 0.4) is 0 Å². The molecule has 2 bridgehead atoms. The van der Waals surface area contributed by atoms with Gasteiger partial charge in [-0.3, -0.25) is 19.1 Å². The fourth-order valence-electron chi connectivity index (χ4n) is 6.13. The summed E-state index contributed by atoms with van der Waals surface area (Å²) in [6, 6.07) is 0.737. The standard InChI is InChI=1S/C23H27F5N2O6S/c24-22(25,26)18-7-4-8-19(30(32)33)17(18)13-36-37(34,35)23(27,28)21(31)29(16-5-2-1-3-6-16)20-12-14-9-10-15(20)11-14/h4,7-8,14-16,20H,1-3,5-6,9-13H2. The Morgan fingerprint density at radius 1 is 1.05 bits per heavy atom. The van der Waals surface area contributed by atoms with Crippen molar-refractivity contribution >= 4 is 21.7 Å². The number of rotatable bonds is 8. The fourth-order valence-corrected chi connectivity index (χ4v) is 6.87. The molecule has 37 heavy (non-hydrogen) atoms. The van der Waals surface area contributed by atoms with Gasteiger partial charge >= 0.3 is 27.5 Å². The lowest BCUT2D eigenvalue weighted by molar-refractivity contribution is -0.386. The van der Waals surface area contributed by atoms with Crippen LogP contribution in [0.5, 0.6) is 0 Å². The number of hydrogen-bond acceptors (Lipinski definition) is 6. The summed E-state index contributed by atoms with van der Waals surface area (Å²) < 4.78 is 100. The van der Waals surface area contributed by atoms with E-state index >= 15 is 8.78 Å². The number of fused-ring (bicyclic) bond motifs is 2. The molecule has 0 spiro atoms. The van der Waals surface area contributed by atoms with Gasteiger partial charge in [-0.1, -0.05) is 31.7 Å². The molecule has 3 fully saturated rings. The van der Waals surface area contributed by atoms with Crippen molar-refractivity contribution < 1.29 is 44.3 Å². The lowest BCUT2D eigenvalue weighted by Crippen LogP contribution is -2.57. The van der Waals surface area contributed by atoms with Crippen LogP contribution in [-0.2, 0) is 31.9 Å². The Kier molecular flexibility index (Phi) is 7.54. The third-order valence-electron chi connectivity index (χ3n) is 7.84. The number of alkyl halides is 5. The Balaban J connectivity index is 1.62. The summed E-state index contributed by atoms with van der Waals surface area (Å²) in [4.78, 5) is 24.2. The van der Waals surface area contributed by atoms with E-state index in [4.69, 9.17) is 0 Å². The predicted octanol–water partition coefficient (Wildman–Crippen LogP) is 5.40. The largest absolute Gasteiger partial charge is 0.447 e. The predicted molar refractivity (Wildman–Crippen MR) is 120 cm³/mol. The number of halogens is 5. The van der Waals surface area contributed by atoms with Gasteiger partial charge in [0.25, 0.3) is 5.69 Å². The maximum atomic E-state index is 15.3. The first-order valence-corrected chi connectivity index (χ1v) is 13.6. The van der Waals surface area contributed by atoms with Crippen LogP contribution in [0.15, 0.2) is 18.2 Å². The quantitative estimate of drug-likeness (QED) is 0.184. The highest BCUT2D eigenvalue weighted by Crippen LogP contribution is 2.49. The highest BCUT2D eigenvalue weighted by Gasteiger charge is 2.59. The van der Waals surface area contributed by atoms with Gasteiger partial charge in [0.1, 0.15) is 0 Å². The van der Waals surface area contributed by atoms with Gasteiger partial charge in [-0.2, -0.15) is 30.4 Å². The highest BCUT2D eigenvalue weighted by atomic mass is 32.2. The molecule has 0 saturated heterocycles.